The van der Waals surface area contributed by atoms with Crippen molar-refractivity contribution in [3.8, 4) is 0 Å². The van der Waals surface area contributed by atoms with Crippen molar-refractivity contribution < 1.29 is 9.53 Å². The van der Waals surface area contributed by atoms with Crippen LogP contribution in [0.1, 0.15) is 51.9 Å². The molecule has 0 aromatic carbocycles. The highest BCUT2D eigenvalue weighted by Gasteiger charge is 2.46. The molecule has 0 unspecified atom stereocenters. The second kappa shape index (κ2) is 3.76. The van der Waals surface area contributed by atoms with Crippen molar-refractivity contribution in [3.63, 3.8) is 0 Å². The average Bonchev–Trinajstić information content (AvgIpc) is 2.74. The van der Waals surface area contributed by atoms with E-state index in [0.717, 1.165) is 50.7 Å². The Morgan fingerprint density at radius 3 is 2.79 bits per heavy atom. The Morgan fingerprint density at radius 2 is 2.14 bits per heavy atom. The summed E-state index contributed by atoms with van der Waals surface area (Å²) in [4.78, 5) is 11.8. The lowest BCUT2D eigenvalue weighted by molar-refractivity contribution is -0.129. The van der Waals surface area contributed by atoms with Crippen molar-refractivity contribution in [1.29, 1.82) is 0 Å². The number of unbranched alkanes of at least 4 members (excludes halogenated alkanes) is 1. The topological polar surface area (TPSA) is 26.3 Å². The van der Waals surface area contributed by atoms with Gasteiger partial charge < -0.3 is 4.74 Å². The summed E-state index contributed by atoms with van der Waals surface area (Å²) < 4.78 is 5.84. The quantitative estimate of drug-likeness (QED) is 0.690. The number of rotatable bonds is 3. The number of allylic oxidation sites excluding steroid dienone is 1. The van der Waals surface area contributed by atoms with Crippen LogP contribution in [0.25, 0.3) is 0 Å². The molecule has 0 bridgehead atoms. The highest BCUT2D eigenvalue weighted by atomic mass is 16.5. The minimum absolute atomic E-state index is 0.223. The predicted octanol–water partition coefficient (Wildman–Crippen LogP) is 2.97. The van der Waals surface area contributed by atoms with E-state index in [2.05, 4.69) is 6.92 Å². The van der Waals surface area contributed by atoms with E-state index in [9.17, 15) is 4.79 Å². The third-order valence-electron chi connectivity index (χ3n) is 3.26. The Labute approximate surface area is 85.3 Å². The molecule has 2 heteroatoms. The molecule has 1 aliphatic carbocycles. The van der Waals surface area contributed by atoms with Crippen LogP contribution in [0.3, 0.4) is 0 Å². The van der Waals surface area contributed by atoms with Crippen molar-refractivity contribution in [3.05, 3.63) is 11.8 Å². The van der Waals surface area contributed by atoms with Crippen molar-refractivity contribution in [2.45, 2.75) is 57.5 Å². The fourth-order valence-corrected chi connectivity index (χ4v) is 2.38. The van der Waals surface area contributed by atoms with E-state index in [0.29, 0.717) is 0 Å². The van der Waals surface area contributed by atoms with Gasteiger partial charge in [-0.25, -0.2) is 0 Å². The van der Waals surface area contributed by atoms with Gasteiger partial charge in [0.2, 0.25) is 5.78 Å². The second-order valence-electron chi connectivity index (χ2n) is 4.38. The number of ketones is 1. The lowest BCUT2D eigenvalue weighted by Gasteiger charge is -2.22. The van der Waals surface area contributed by atoms with Crippen molar-refractivity contribution >= 4 is 5.78 Å². The van der Waals surface area contributed by atoms with Gasteiger partial charge in [0, 0.05) is 12.5 Å². The van der Waals surface area contributed by atoms with Crippen LogP contribution in [0.4, 0.5) is 0 Å². The molecule has 1 saturated carbocycles. The summed E-state index contributed by atoms with van der Waals surface area (Å²) in [6.07, 6.45) is 9.08. The third kappa shape index (κ3) is 1.58. The predicted molar refractivity (Wildman–Crippen MR) is 54.9 cm³/mol. The zero-order valence-electron chi connectivity index (χ0n) is 8.84. The molecule has 0 amide bonds. The summed E-state index contributed by atoms with van der Waals surface area (Å²) in [5, 5.41) is 0. The van der Waals surface area contributed by atoms with E-state index < -0.39 is 5.60 Å². The Bertz CT molecular complexity index is 259. The molecule has 0 aromatic rings. The Balaban J connectivity index is 1.99. The average molecular weight is 194 g/mol. The number of ether oxygens (including phenoxy) is 1. The van der Waals surface area contributed by atoms with E-state index in [-0.39, 0.29) is 5.78 Å². The van der Waals surface area contributed by atoms with E-state index in [1.165, 1.54) is 0 Å². The molecule has 2 nitrogen and oxygen atoms in total. The first-order valence-electron chi connectivity index (χ1n) is 5.71. The molecule has 0 saturated heterocycles. The van der Waals surface area contributed by atoms with Gasteiger partial charge in [0.05, 0.1) is 0 Å². The first-order chi connectivity index (χ1) is 6.77. The maximum atomic E-state index is 11.8. The van der Waals surface area contributed by atoms with Gasteiger partial charge in [0.25, 0.3) is 0 Å². The normalized spacial score (nSPS) is 24.1. The molecule has 0 radical (unpaired) electrons. The number of hydrogen-bond donors (Lipinski definition) is 0. The lowest BCUT2D eigenvalue weighted by Crippen LogP contribution is -2.32. The first kappa shape index (κ1) is 9.75. The van der Waals surface area contributed by atoms with E-state index in [1.54, 1.807) is 6.08 Å². The van der Waals surface area contributed by atoms with Crippen LogP contribution in [0.5, 0.6) is 0 Å². The van der Waals surface area contributed by atoms with Crippen LogP contribution in [0.15, 0.2) is 11.8 Å². The molecule has 1 fully saturated rings. The standard InChI is InChI=1S/C12H18O2/c1-2-3-6-10-9-11(13)12(14-10)7-4-5-8-12/h9H,2-8H2,1H3. The SMILES string of the molecule is CCCCC1=CC(=O)C2(CCCC2)O1. The molecule has 2 rings (SSSR count). The fraction of sp³-hybridized carbons (Fsp3) is 0.750. The van der Waals surface area contributed by atoms with E-state index in [4.69, 9.17) is 4.74 Å². The molecule has 78 valence electrons. The van der Waals surface area contributed by atoms with Gasteiger partial charge in [-0.2, -0.15) is 0 Å². The Kier molecular flexibility index (Phi) is 2.62. The molecule has 0 N–H and O–H groups in total. The number of carbonyl (C=O) groups excluding carboxylic acids is 1. The number of carbonyl (C=O) groups is 1. The van der Waals surface area contributed by atoms with Gasteiger partial charge in [-0.05, 0) is 32.1 Å². The Morgan fingerprint density at radius 1 is 1.43 bits per heavy atom. The molecule has 1 heterocycles. The lowest BCUT2D eigenvalue weighted by atomic mass is 9.98. The van der Waals surface area contributed by atoms with Crippen molar-refractivity contribution in [1.82, 2.24) is 0 Å². The molecule has 14 heavy (non-hydrogen) atoms. The summed E-state index contributed by atoms with van der Waals surface area (Å²) >= 11 is 0. The zero-order valence-corrected chi connectivity index (χ0v) is 8.84. The maximum Gasteiger partial charge on any atom is 0.202 e. The molecule has 0 atom stereocenters. The minimum Gasteiger partial charge on any atom is -0.483 e. The van der Waals surface area contributed by atoms with Crippen LogP contribution >= 0.6 is 0 Å². The van der Waals surface area contributed by atoms with Crippen LogP contribution in [-0.4, -0.2) is 11.4 Å². The highest BCUT2D eigenvalue weighted by molar-refractivity contribution is 5.99. The summed E-state index contributed by atoms with van der Waals surface area (Å²) in [5.74, 6) is 1.15. The van der Waals surface area contributed by atoms with Gasteiger partial charge in [-0.1, -0.05) is 13.3 Å². The number of hydrogen-bond acceptors (Lipinski definition) is 2. The van der Waals surface area contributed by atoms with E-state index in [1.807, 2.05) is 0 Å². The molecule has 0 aromatic heterocycles. The van der Waals surface area contributed by atoms with E-state index >= 15 is 0 Å². The minimum atomic E-state index is -0.414. The van der Waals surface area contributed by atoms with Gasteiger partial charge in [-0.3, -0.25) is 4.79 Å². The monoisotopic (exact) mass is 194 g/mol. The maximum absolute atomic E-state index is 11.8. The second-order valence-corrected chi connectivity index (χ2v) is 4.38. The molecule has 1 aliphatic heterocycles. The summed E-state index contributed by atoms with van der Waals surface area (Å²) in [6.45, 7) is 2.16. The first-order valence-corrected chi connectivity index (χ1v) is 5.71. The highest BCUT2D eigenvalue weighted by Crippen LogP contribution is 2.40. The van der Waals surface area contributed by atoms with Crippen molar-refractivity contribution in [2.75, 3.05) is 0 Å². The molecular formula is C12H18O2. The zero-order chi connectivity index (χ0) is 10.0. The van der Waals surface area contributed by atoms with Crippen molar-refractivity contribution in [2.24, 2.45) is 0 Å². The smallest absolute Gasteiger partial charge is 0.202 e. The summed E-state index contributed by atoms with van der Waals surface area (Å²) in [6, 6.07) is 0. The van der Waals surface area contributed by atoms with Gasteiger partial charge in [0.1, 0.15) is 5.76 Å². The summed E-state index contributed by atoms with van der Waals surface area (Å²) in [5.41, 5.74) is -0.414. The van der Waals surface area contributed by atoms with Gasteiger partial charge in [0.15, 0.2) is 5.60 Å². The third-order valence-corrected chi connectivity index (χ3v) is 3.26. The largest absolute Gasteiger partial charge is 0.483 e. The van der Waals surface area contributed by atoms with Crippen LogP contribution in [0.2, 0.25) is 0 Å². The molecule has 2 aliphatic rings. The van der Waals surface area contributed by atoms with Crippen LogP contribution < -0.4 is 0 Å². The summed E-state index contributed by atoms with van der Waals surface area (Å²) in [7, 11) is 0. The van der Waals surface area contributed by atoms with Gasteiger partial charge in [-0.15, -0.1) is 0 Å². The fourth-order valence-electron chi connectivity index (χ4n) is 2.38. The van der Waals surface area contributed by atoms with Crippen LogP contribution in [-0.2, 0) is 9.53 Å². The molecular weight excluding hydrogens is 176 g/mol. The van der Waals surface area contributed by atoms with Gasteiger partial charge >= 0.3 is 0 Å². The Hall–Kier alpha value is -0.790. The van der Waals surface area contributed by atoms with Crippen LogP contribution in [0, 0.1) is 0 Å². The molecule has 1 spiro atoms.